The Morgan fingerprint density at radius 2 is 1.86 bits per heavy atom. The second-order valence-electron chi connectivity index (χ2n) is 5.72. The van der Waals surface area contributed by atoms with Crippen LogP contribution in [0.3, 0.4) is 0 Å². The molecular formula is C14H14F4N2Si. The Hall–Kier alpha value is -1.81. The van der Waals surface area contributed by atoms with Crippen LogP contribution in [0.4, 0.5) is 17.6 Å². The lowest BCUT2D eigenvalue weighted by Crippen LogP contribution is -2.16. The van der Waals surface area contributed by atoms with Crippen LogP contribution in [0.5, 0.6) is 0 Å². The highest BCUT2D eigenvalue weighted by molar-refractivity contribution is 6.83. The maximum atomic E-state index is 14.3. The van der Waals surface area contributed by atoms with Crippen molar-refractivity contribution in [3.63, 3.8) is 0 Å². The molecule has 0 radical (unpaired) electrons. The van der Waals surface area contributed by atoms with Gasteiger partial charge in [0.25, 0.3) is 0 Å². The van der Waals surface area contributed by atoms with Gasteiger partial charge < -0.3 is 0 Å². The predicted octanol–water partition coefficient (Wildman–Crippen LogP) is 4.25. The quantitative estimate of drug-likeness (QED) is 0.437. The maximum absolute atomic E-state index is 14.3. The van der Waals surface area contributed by atoms with E-state index in [0.29, 0.717) is 4.57 Å². The first kappa shape index (κ1) is 15.6. The van der Waals surface area contributed by atoms with Gasteiger partial charge in [0, 0.05) is 6.07 Å². The van der Waals surface area contributed by atoms with E-state index in [9.17, 15) is 17.6 Å². The van der Waals surface area contributed by atoms with Crippen LogP contribution in [0, 0.1) is 30.0 Å². The molecule has 7 heteroatoms. The lowest BCUT2D eigenvalue weighted by atomic mass is 10.2. The summed E-state index contributed by atoms with van der Waals surface area (Å²) in [4.78, 5) is 3.76. The van der Waals surface area contributed by atoms with Gasteiger partial charge in [-0.25, -0.2) is 13.8 Å². The van der Waals surface area contributed by atoms with Gasteiger partial charge in [-0.15, -0.1) is 5.54 Å². The Morgan fingerprint density at radius 3 is 2.38 bits per heavy atom. The Morgan fingerprint density at radius 1 is 1.24 bits per heavy atom. The second kappa shape index (κ2) is 5.19. The molecule has 2 aromatic rings. The van der Waals surface area contributed by atoms with Crippen LogP contribution in [0.2, 0.25) is 19.6 Å². The summed E-state index contributed by atoms with van der Waals surface area (Å²) in [5, 5.41) is 0. The molecule has 0 unspecified atom stereocenters. The third-order valence-electron chi connectivity index (χ3n) is 2.81. The molecule has 1 aromatic carbocycles. The first-order valence-electron chi connectivity index (χ1n) is 6.29. The highest BCUT2D eigenvalue weighted by atomic mass is 28.3. The molecule has 0 aliphatic carbocycles. The van der Waals surface area contributed by atoms with Crippen molar-refractivity contribution in [2.24, 2.45) is 0 Å². The minimum absolute atomic E-state index is 0.0754. The Kier molecular flexibility index (Phi) is 3.85. The summed E-state index contributed by atoms with van der Waals surface area (Å²) in [6.07, 6.45) is 0. The van der Waals surface area contributed by atoms with Gasteiger partial charge in [0.05, 0.1) is 11.1 Å². The van der Waals surface area contributed by atoms with E-state index in [1.165, 1.54) is 6.92 Å². The molecule has 0 saturated carbocycles. The Bertz CT molecular complexity index is 763. The van der Waals surface area contributed by atoms with Crippen molar-refractivity contribution in [2.75, 3.05) is 0 Å². The van der Waals surface area contributed by atoms with Crippen molar-refractivity contribution in [1.29, 1.82) is 0 Å². The van der Waals surface area contributed by atoms with Crippen LogP contribution in [-0.4, -0.2) is 17.6 Å². The normalized spacial score (nSPS) is 11.9. The van der Waals surface area contributed by atoms with E-state index in [1.807, 2.05) is 19.6 Å². The van der Waals surface area contributed by atoms with E-state index in [-0.39, 0.29) is 16.9 Å². The van der Waals surface area contributed by atoms with Gasteiger partial charge in [0.15, 0.2) is 5.82 Å². The van der Waals surface area contributed by atoms with Crippen molar-refractivity contribution >= 4 is 19.1 Å². The molecule has 1 aromatic heterocycles. The molecule has 0 bridgehead atoms. The van der Waals surface area contributed by atoms with E-state index < -0.39 is 31.8 Å². The zero-order valence-corrected chi connectivity index (χ0v) is 13.1. The fourth-order valence-electron chi connectivity index (χ4n) is 1.89. The lowest BCUT2D eigenvalue weighted by Gasteiger charge is -2.06. The smallest absolute Gasteiger partial charge is 0.270 e. The van der Waals surface area contributed by atoms with E-state index >= 15 is 0 Å². The highest BCUT2D eigenvalue weighted by Gasteiger charge is 2.22. The molecule has 1 heterocycles. The van der Waals surface area contributed by atoms with Crippen LogP contribution in [0.25, 0.3) is 11.0 Å². The summed E-state index contributed by atoms with van der Waals surface area (Å²) < 4.78 is 54.6. The molecular weight excluding hydrogens is 300 g/mol. The maximum Gasteiger partial charge on any atom is 0.320 e. The van der Waals surface area contributed by atoms with E-state index in [4.69, 9.17) is 0 Å². The monoisotopic (exact) mass is 314 g/mol. The molecule has 2 rings (SSSR count). The number of aryl methyl sites for hydroxylation is 1. The molecule has 2 nitrogen and oxygen atoms in total. The molecule has 0 spiro atoms. The van der Waals surface area contributed by atoms with Crippen LogP contribution in [0.1, 0.15) is 17.9 Å². The molecule has 0 N–H and O–H groups in total. The van der Waals surface area contributed by atoms with Gasteiger partial charge in [0.1, 0.15) is 25.2 Å². The Labute approximate surface area is 120 Å². The molecule has 0 aliphatic heterocycles. The van der Waals surface area contributed by atoms with Gasteiger partial charge in [-0.05, 0) is 6.92 Å². The largest absolute Gasteiger partial charge is 0.320 e. The van der Waals surface area contributed by atoms with Crippen molar-refractivity contribution in [2.45, 2.75) is 33.1 Å². The number of imidazole rings is 1. The number of nitrogens with zero attached hydrogens (tertiary/aromatic N) is 2. The highest BCUT2D eigenvalue weighted by Crippen LogP contribution is 2.28. The average molecular weight is 314 g/mol. The first-order chi connectivity index (χ1) is 9.61. The minimum Gasteiger partial charge on any atom is -0.270 e. The summed E-state index contributed by atoms with van der Waals surface area (Å²) in [5.41, 5.74) is 1.89. The minimum atomic E-state index is -2.91. The Balaban J connectivity index is 2.75. The third-order valence-corrected chi connectivity index (χ3v) is 3.69. The van der Waals surface area contributed by atoms with Gasteiger partial charge in [-0.2, -0.15) is 8.78 Å². The summed E-state index contributed by atoms with van der Waals surface area (Å²) in [6.45, 7) is 4.21. The van der Waals surface area contributed by atoms with E-state index in [2.05, 4.69) is 16.4 Å². The summed E-state index contributed by atoms with van der Waals surface area (Å²) in [7, 11) is -1.82. The van der Waals surface area contributed by atoms with Gasteiger partial charge >= 0.3 is 6.55 Å². The van der Waals surface area contributed by atoms with Crippen LogP contribution < -0.4 is 0 Å². The molecule has 0 amide bonds. The van der Waals surface area contributed by atoms with Gasteiger partial charge in [-0.3, -0.25) is 4.57 Å². The zero-order chi connectivity index (χ0) is 15.9. The number of alkyl halides is 2. The molecule has 21 heavy (non-hydrogen) atoms. The van der Waals surface area contributed by atoms with Gasteiger partial charge in [0.2, 0.25) is 0 Å². The fourth-order valence-corrected chi connectivity index (χ4v) is 2.39. The van der Waals surface area contributed by atoms with Crippen LogP contribution in [-0.2, 0) is 0 Å². The average Bonchev–Trinajstić information content (AvgIpc) is 2.64. The molecule has 0 atom stereocenters. The number of aromatic nitrogens is 2. The number of hydrogen-bond acceptors (Lipinski definition) is 1. The first-order valence-corrected chi connectivity index (χ1v) is 9.79. The summed E-state index contributed by atoms with van der Waals surface area (Å²) in [6, 6.07) is 0.860. The van der Waals surface area contributed by atoms with Crippen molar-refractivity contribution in [1.82, 2.24) is 9.55 Å². The van der Waals surface area contributed by atoms with Crippen LogP contribution >= 0.6 is 0 Å². The SMILES string of the molecule is Cc1nc2c(F)c(C#C[Si](C)(C)C)c(F)cc2n1C(F)F. The van der Waals surface area contributed by atoms with Crippen molar-refractivity contribution < 1.29 is 17.6 Å². The topological polar surface area (TPSA) is 17.8 Å². The van der Waals surface area contributed by atoms with Crippen molar-refractivity contribution in [3.8, 4) is 11.5 Å². The zero-order valence-electron chi connectivity index (χ0n) is 12.1. The number of rotatable bonds is 1. The molecule has 0 saturated heterocycles. The summed E-state index contributed by atoms with van der Waals surface area (Å²) >= 11 is 0. The third kappa shape index (κ3) is 2.95. The fraction of sp³-hybridized carbons (Fsp3) is 0.357. The molecule has 0 fully saturated rings. The summed E-state index contributed by atoms with van der Waals surface area (Å²) in [5.74, 6) is 0.482. The number of fused-ring (bicyclic) bond motifs is 1. The number of benzene rings is 1. The number of hydrogen-bond donors (Lipinski definition) is 0. The molecule has 112 valence electrons. The standard InChI is InChI=1S/C14H14F4N2Si/c1-8-19-13-11(20(8)14(17)18)7-10(15)9(12(13)16)5-6-21(2,3)4/h7,14H,1-4H3. The predicted molar refractivity (Wildman–Crippen MR) is 75.9 cm³/mol. The van der Waals surface area contributed by atoms with Gasteiger partial charge in [-0.1, -0.05) is 25.6 Å². The van der Waals surface area contributed by atoms with E-state index in [0.717, 1.165) is 6.07 Å². The van der Waals surface area contributed by atoms with Crippen molar-refractivity contribution in [3.05, 3.63) is 29.1 Å². The van der Waals surface area contributed by atoms with Crippen LogP contribution in [0.15, 0.2) is 6.07 Å². The second-order valence-corrected chi connectivity index (χ2v) is 10.5. The lowest BCUT2D eigenvalue weighted by molar-refractivity contribution is 0.0724. The van der Waals surface area contributed by atoms with E-state index in [1.54, 1.807) is 0 Å². The molecule has 0 aliphatic rings. The number of halogens is 4.